The summed E-state index contributed by atoms with van der Waals surface area (Å²) in [4.78, 5) is 17.3. The molecule has 1 aliphatic rings. The second kappa shape index (κ2) is 8.45. The first-order valence-electron chi connectivity index (χ1n) is 9.79. The molecule has 0 fully saturated rings. The van der Waals surface area contributed by atoms with Crippen LogP contribution in [0.3, 0.4) is 0 Å². The monoisotopic (exact) mass is 461 g/mol. The fraction of sp³-hybridized carbons (Fsp3) is 0.333. The van der Waals surface area contributed by atoms with Crippen molar-refractivity contribution in [3.05, 3.63) is 47.0 Å². The number of carbonyl (C=O) groups excluding carboxylic acids is 1. The van der Waals surface area contributed by atoms with Crippen LogP contribution < -0.4 is 19.5 Å². The fourth-order valence-corrected chi connectivity index (χ4v) is 5.58. The minimum atomic E-state index is -3.89. The highest BCUT2D eigenvalue weighted by Gasteiger charge is 2.28. The van der Waals surface area contributed by atoms with Crippen molar-refractivity contribution in [3.8, 4) is 11.5 Å². The van der Waals surface area contributed by atoms with Crippen LogP contribution in [-0.4, -0.2) is 32.1 Å². The zero-order valence-electron chi connectivity index (χ0n) is 17.3. The van der Waals surface area contributed by atoms with Gasteiger partial charge in [-0.2, -0.15) is 4.72 Å². The van der Waals surface area contributed by atoms with Gasteiger partial charge < -0.3 is 14.8 Å². The summed E-state index contributed by atoms with van der Waals surface area (Å²) >= 11 is 1.43. The van der Waals surface area contributed by atoms with Gasteiger partial charge in [0.1, 0.15) is 6.04 Å². The van der Waals surface area contributed by atoms with Gasteiger partial charge in [0.05, 0.1) is 20.1 Å². The van der Waals surface area contributed by atoms with Crippen LogP contribution in [0.4, 0.5) is 0 Å². The molecule has 0 saturated carbocycles. The number of nitrogens with zero attached hydrogens (tertiary/aromatic N) is 1. The first-order valence-corrected chi connectivity index (χ1v) is 12.1. The van der Waals surface area contributed by atoms with Crippen LogP contribution in [0, 0.1) is 12.8 Å². The van der Waals surface area contributed by atoms with E-state index in [1.165, 1.54) is 17.4 Å². The SMILES string of the molecule is Cc1nc2ccc(S(=O)(=O)NC(C(=O)NCc3ccc4c(c3)OCO4)C(C)C)cc2s1. The summed E-state index contributed by atoms with van der Waals surface area (Å²) < 4.78 is 39.9. The molecule has 0 aliphatic carbocycles. The first kappa shape index (κ1) is 21.5. The van der Waals surface area contributed by atoms with Crippen LogP contribution in [0.25, 0.3) is 10.2 Å². The third kappa shape index (κ3) is 4.65. The molecule has 2 N–H and O–H groups in total. The van der Waals surface area contributed by atoms with Gasteiger partial charge in [0, 0.05) is 6.54 Å². The van der Waals surface area contributed by atoms with Crippen molar-refractivity contribution in [3.63, 3.8) is 0 Å². The molecule has 0 radical (unpaired) electrons. The number of aryl methyl sites for hydroxylation is 1. The first-order chi connectivity index (χ1) is 14.7. The molecule has 0 bridgehead atoms. The van der Waals surface area contributed by atoms with E-state index in [-0.39, 0.29) is 24.2 Å². The maximum absolute atomic E-state index is 13.0. The lowest BCUT2D eigenvalue weighted by atomic mass is 10.0. The van der Waals surface area contributed by atoms with Crippen LogP contribution in [0.15, 0.2) is 41.3 Å². The van der Waals surface area contributed by atoms with E-state index in [0.717, 1.165) is 20.8 Å². The Bertz CT molecular complexity index is 1240. The van der Waals surface area contributed by atoms with E-state index in [4.69, 9.17) is 9.47 Å². The largest absolute Gasteiger partial charge is 0.454 e. The van der Waals surface area contributed by atoms with Gasteiger partial charge in [0.15, 0.2) is 11.5 Å². The van der Waals surface area contributed by atoms with E-state index in [1.54, 1.807) is 38.1 Å². The summed E-state index contributed by atoms with van der Waals surface area (Å²) in [5, 5.41) is 3.67. The van der Waals surface area contributed by atoms with Gasteiger partial charge in [0.25, 0.3) is 0 Å². The molecular formula is C21H23N3O5S2. The predicted octanol–water partition coefficient (Wildman–Crippen LogP) is 2.95. The lowest BCUT2D eigenvalue weighted by Crippen LogP contribution is -2.49. The molecule has 1 aliphatic heterocycles. The zero-order chi connectivity index (χ0) is 22.2. The minimum absolute atomic E-state index is 0.109. The molecule has 1 atom stereocenters. The summed E-state index contributed by atoms with van der Waals surface area (Å²) in [6.45, 7) is 5.88. The van der Waals surface area contributed by atoms with E-state index in [1.807, 2.05) is 13.0 Å². The molecular weight excluding hydrogens is 438 g/mol. The second-order valence-corrected chi connectivity index (χ2v) is 10.6. The summed E-state index contributed by atoms with van der Waals surface area (Å²) in [6, 6.07) is 9.26. The number of benzene rings is 2. The molecule has 1 aromatic heterocycles. The van der Waals surface area contributed by atoms with Crippen molar-refractivity contribution in [1.29, 1.82) is 0 Å². The molecule has 8 nitrogen and oxygen atoms in total. The normalized spacial score (nSPS) is 14.2. The van der Waals surface area contributed by atoms with Crippen LogP contribution in [0.1, 0.15) is 24.4 Å². The van der Waals surface area contributed by atoms with Crippen LogP contribution in [0.2, 0.25) is 0 Å². The van der Waals surface area contributed by atoms with Crippen molar-refractivity contribution in [2.75, 3.05) is 6.79 Å². The summed E-state index contributed by atoms with van der Waals surface area (Å²) in [6.07, 6.45) is 0. The second-order valence-electron chi connectivity index (χ2n) is 7.61. The number of hydrogen-bond acceptors (Lipinski definition) is 7. The third-order valence-electron chi connectivity index (χ3n) is 4.91. The highest BCUT2D eigenvalue weighted by molar-refractivity contribution is 7.89. The molecule has 0 saturated heterocycles. The van der Waals surface area contributed by atoms with E-state index >= 15 is 0 Å². The minimum Gasteiger partial charge on any atom is -0.454 e. The van der Waals surface area contributed by atoms with Gasteiger partial charge in [-0.05, 0) is 48.7 Å². The lowest BCUT2D eigenvalue weighted by Gasteiger charge is -2.21. The summed E-state index contributed by atoms with van der Waals surface area (Å²) in [5.74, 6) is 0.643. The number of fused-ring (bicyclic) bond motifs is 2. The quantitative estimate of drug-likeness (QED) is 0.560. The average Bonchev–Trinajstić information content (AvgIpc) is 3.34. The Morgan fingerprint density at radius 1 is 1.16 bits per heavy atom. The van der Waals surface area contributed by atoms with E-state index in [0.29, 0.717) is 11.5 Å². The summed E-state index contributed by atoms with van der Waals surface area (Å²) in [7, 11) is -3.89. The highest BCUT2D eigenvalue weighted by atomic mass is 32.2. The number of ether oxygens (including phenoxy) is 2. The maximum Gasteiger partial charge on any atom is 0.241 e. The Morgan fingerprint density at radius 2 is 1.94 bits per heavy atom. The van der Waals surface area contributed by atoms with Gasteiger partial charge in [0.2, 0.25) is 22.7 Å². The van der Waals surface area contributed by atoms with Crippen LogP contribution in [0.5, 0.6) is 11.5 Å². The molecule has 2 heterocycles. The predicted molar refractivity (Wildman–Crippen MR) is 118 cm³/mol. The molecule has 31 heavy (non-hydrogen) atoms. The number of carbonyl (C=O) groups is 1. The van der Waals surface area contributed by atoms with Crippen molar-refractivity contribution in [2.45, 2.75) is 38.3 Å². The van der Waals surface area contributed by atoms with E-state index in [2.05, 4.69) is 15.0 Å². The van der Waals surface area contributed by atoms with Crippen LogP contribution in [-0.2, 0) is 21.4 Å². The maximum atomic E-state index is 13.0. The highest BCUT2D eigenvalue weighted by Crippen LogP contribution is 2.32. The number of rotatable bonds is 7. The Morgan fingerprint density at radius 3 is 2.71 bits per heavy atom. The van der Waals surface area contributed by atoms with Gasteiger partial charge in [-0.25, -0.2) is 13.4 Å². The number of aromatic nitrogens is 1. The van der Waals surface area contributed by atoms with Crippen molar-refractivity contribution < 1.29 is 22.7 Å². The molecule has 1 unspecified atom stereocenters. The smallest absolute Gasteiger partial charge is 0.241 e. The van der Waals surface area contributed by atoms with Gasteiger partial charge in [-0.3, -0.25) is 4.79 Å². The Balaban J connectivity index is 1.47. The van der Waals surface area contributed by atoms with Crippen molar-refractivity contribution >= 4 is 37.5 Å². The van der Waals surface area contributed by atoms with Crippen molar-refractivity contribution in [2.24, 2.45) is 5.92 Å². The number of hydrogen-bond donors (Lipinski definition) is 2. The number of sulfonamides is 1. The van der Waals surface area contributed by atoms with Gasteiger partial charge in [-0.1, -0.05) is 19.9 Å². The van der Waals surface area contributed by atoms with Crippen LogP contribution >= 0.6 is 11.3 Å². The number of amides is 1. The Labute approximate surface area is 184 Å². The molecule has 0 spiro atoms. The molecule has 3 aromatic rings. The van der Waals surface area contributed by atoms with Gasteiger partial charge >= 0.3 is 0 Å². The number of nitrogens with one attached hydrogen (secondary N) is 2. The molecule has 1 amide bonds. The van der Waals surface area contributed by atoms with Crippen molar-refractivity contribution in [1.82, 2.24) is 15.0 Å². The number of thiazole rings is 1. The Kier molecular flexibility index (Phi) is 5.87. The third-order valence-corrected chi connectivity index (χ3v) is 7.28. The summed E-state index contributed by atoms with van der Waals surface area (Å²) in [5.41, 5.74) is 1.58. The fourth-order valence-electron chi connectivity index (χ4n) is 3.26. The average molecular weight is 462 g/mol. The molecule has 10 heteroatoms. The lowest BCUT2D eigenvalue weighted by molar-refractivity contribution is -0.123. The van der Waals surface area contributed by atoms with Gasteiger partial charge in [-0.15, -0.1) is 11.3 Å². The Hall–Kier alpha value is -2.69. The van der Waals surface area contributed by atoms with E-state index in [9.17, 15) is 13.2 Å². The molecule has 2 aromatic carbocycles. The molecule has 4 rings (SSSR count). The topological polar surface area (TPSA) is 107 Å². The molecule has 164 valence electrons. The zero-order valence-corrected chi connectivity index (χ0v) is 19.0. The van der Waals surface area contributed by atoms with E-state index < -0.39 is 22.0 Å². The standard InChI is InChI=1S/C21H23N3O5S2/c1-12(2)20(21(25)22-10-14-4-7-17-18(8-14)29-11-28-17)24-31(26,27)15-5-6-16-19(9-15)30-13(3)23-16/h4-9,12,20,24H,10-11H2,1-3H3,(H,22,25).